The maximum absolute atomic E-state index is 12.0. The number of ether oxygens (including phenoxy) is 1. The fraction of sp³-hybridized carbons (Fsp3) is 0.200. The molecule has 0 saturated heterocycles. The minimum absolute atomic E-state index is 0.122. The number of aryl methyl sites for hydroxylation is 2. The van der Waals surface area contributed by atoms with Gasteiger partial charge in [0.25, 0.3) is 5.91 Å². The van der Waals surface area contributed by atoms with Crippen LogP contribution >= 0.6 is 11.6 Å². The van der Waals surface area contributed by atoms with Crippen LogP contribution in [-0.4, -0.2) is 23.5 Å². The largest absolute Gasteiger partial charge is 0.452 e. The predicted octanol–water partition coefficient (Wildman–Crippen LogP) is 2.10. The predicted molar refractivity (Wildman–Crippen MR) is 82.6 cm³/mol. The zero-order valence-corrected chi connectivity index (χ0v) is 13.1. The number of esters is 1. The Hall–Kier alpha value is -2.67. The number of hydrogen-bond donors (Lipinski definition) is 1. The monoisotopic (exact) mass is 336 g/mol. The maximum Gasteiger partial charge on any atom is 0.342 e. The van der Waals surface area contributed by atoms with Crippen LogP contribution in [0.25, 0.3) is 0 Å². The molecular weight excluding hydrogens is 324 g/mol. The fourth-order valence-electron chi connectivity index (χ4n) is 1.93. The summed E-state index contributed by atoms with van der Waals surface area (Å²) in [6.45, 7) is 2.54. The molecule has 2 aromatic rings. The van der Waals surface area contributed by atoms with Crippen LogP contribution in [-0.2, 0) is 9.53 Å². The average Bonchev–Trinajstić information content (AvgIpc) is 2.46. The van der Waals surface area contributed by atoms with Gasteiger partial charge in [-0.1, -0.05) is 11.6 Å². The zero-order chi connectivity index (χ0) is 17.0. The van der Waals surface area contributed by atoms with Crippen molar-refractivity contribution in [2.75, 3.05) is 11.9 Å². The molecule has 0 saturated carbocycles. The molecule has 1 amide bonds. The summed E-state index contributed by atoms with van der Waals surface area (Å²) < 4.78 is 9.77. The third-order valence-electron chi connectivity index (χ3n) is 2.91. The Morgan fingerprint density at radius 1 is 1.39 bits per heavy atom. The van der Waals surface area contributed by atoms with E-state index in [1.165, 1.54) is 19.2 Å². The number of hydrogen-bond acceptors (Lipinski definition) is 6. The molecule has 7 nitrogen and oxygen atoms in total. The Bertz CT molecular complexity index is 790. The molecule has 0 unspecified atom stereocenters. The quantitative estimate of drug-likeness (QED) is 0.678. The van der Waals surface area contributed by atoms with Crippen LogP contribution in [0.15, 0.2) is 33.6 Å². The van der Waals surface area contributed by atoms with Gasteiger partial charge in [-0.3, -0.25) is 4.79 Å². The van der Waals surface area contributed by atoms with Crippen LogP contribution in [0.4, 0.5) is 5.69 Å². The molecule has 2 rings (SSSR count). The first kappa shape index (κ1) is 16.7. The molecular formula is C15H13ClN2O5. The van der Waals surface area contributed by atoms with Crippen molar-refractivity contribution in [3.8, 4) is 0 Å². The van der Waals surface area contributed by atoms with Crippen LogP contribution < -0.4 is 10.9 Å². The fourth-order valence-corrected chi connectivity index (χ4v) is 2.10. The van der Waals surface area contributed by atoms with Gasteiger partial charge in [0.1, 0.15) is 11.3 Å². The summed E-state index contributed by atoms with van der Waals surface area (Å²) in [5.41, 5.74) is 0.296. The highest BCUT2D eigenvalue weighted by molar-refractivity contribution is 6.32. The highest BCUT2D eigenvalue weighted by Crippen LogP contribution is 2.17. The molecule has 0 aliphatic carbocycles. The van der Waals surface area contributed by atoms with E-state index in [0.29, 0.717) is 11.3 Å². The van der Waals surface area contributed by atoms with Crippen molar-refractivity contribution in [1.82, 2.24) is 4.98 Å². The van der Waals surface area contributed by atoms with Gasteiger partial charge in [-0.2, -0.15) is 0 Å². The number of amides is 1. The van der Waals surface area contributed by atoms with E-state index in [4.69, 9.17) is 20.8 Å². The van der Waals surface area contributed by atoms with Gasteiger partial charge in [0.15, 0.2) is 11.8 Å². The molecule has 2 aromatic heterocycles. The average molecular weight is 337 g/mol. The molecule has 0 fully saturated rings. The minimum Gasteiger partial charge on any atom is -0.452 e. The lowest BCUT2D eigenvalue weighted by Gasteiger charge is -2.09. The van der Waals surface area contributed by atoms with E-state index >= 15 is 0 Å². The molecule has 0 aromatic carbocycles. The van der Waals surface area contributed by atoms with Crippen molar-refractivity contribution in [1.29, 1.82) is 0 Å². The van der Waals surface area contributed by atoms with Crippen molar-refractivity contribution in [2.45, 2.75) is 13.8 Å². The molecule has 0 aliphatic heterocycles. The number of halogens is 1. The Morgan fingerprint density at radius 3 is 2.78 bits per heavy atom. The lowest BCUT2D eigenvalue weighted by Crippen LogP contribution is -2.22. The Kier molecular flexibility index (Phi) is 5.13. The van der Waals surface area contributed by atoms with Crippen LogP contribution in [0.2, 0.25) is 5.15 Å². The van der Waals surface area contributed by atoms with Crippen molar-refractivity contribution in [3.05, 3.63) is 56.9 Å². The third kappa shape index (κ3) is 4.17. The summed E-state index contributed by atoms with van der Waals surface area (Å²) in [5, 5.41) is 2.60. The number of nitrogens with zero attached hydrogens (tertiary/aromatic N) is 1. The summed E-state index contributed by atoms with van der Waals surface area (Å²) in [5.74, 6) is -1.19. The maximum atomic E-state index is 12.0. The van der Waals surface area contributed by atoms with Gasteiger partial charge in [0.2, 0.25) is 0 Å². The second-order valence-corrected chi connectivity index (χ2v) is 5.00. The number of aromatic nitrogens is 1. The number of anilines is 1. The second-order valence-electron chi connectivity index (χ2n) is 4.65. The molecule has 0 radical (unpaired) electrons. The molecule has 0 spiro atoms. The number of nitrogens with one attached hydrogen (secondary N) is 1. The second kappa shape index (κ2) is 7.06. The van der Waals surface area contributed by atoms with Gasteiger partial charge in [0.05, 0.1) is 5.69 Å². The van der Waals surface area contributed by atoms with Gasteiger partial charge in [0, 0.05) is 12.3 Å². The van der Waals surface area contributed by atoms with Gasteiger partial charge in [-0.05, 0) is 31.5 Å². The number of carbonyl (C=O) groups excluding carboxylic acids is 2. The molecule has 23 heavy (non-hydrogen) atoms. The third-order valence-corrected chi connectivity index (χ3v) is 3.21. The van der Waals surface area contributed by atoms with Gasteiger partial charge in [-0.25, -0.2) is 14.6 Å². The van der Waals surface area contributed by atoms with Crippen molar-refractivity contribution < 1.29 is 18.7 Å². The highest BCUT2D eigenvalue weighted by atomic mass is 35.5. The van der Waals surface area contributed by atoms with Crippen LogP contribution in [0.5, 0.6) is 0 Å². The van der Waals surface area contributed by atoms with E-state index in [0.717, 1.165) is 0 Å². The lowest BCUT2D eigenvalue weighted by atomic mass is 10.1. The molecule has 0 bridgehead atoms. The van der Waals surface area contributed by atoms with E-state index in [-0.39, 0.29) is 16.5 Å². The van der Waals surface area contributed by atoms with Crippen LogP contribution in [0.3, 0.4) is 0 Å². The number of rotatable bonds is 4. The summed E-state index contributed by atoms with van der Waals surface area (Å²) >= 11 is 5.81. The summed E-state index contributed by atoms with van der Waals surface area (Å²) in [7, 11) is 0. The van der Waals surface area contributed by atoms with E-state index in [1.54, 1.807) is 19.1 Å². The standard InChI is InChI=1S/C15H13ClN2O5/c1-8-6-12(20)23-9(2)13(8)15(21)22-7-11(19)18-10-4-3-5-17-14(10)16/h3-6H,7H2,1-2H3,(H,18,19). The zero-order valence-electron chi connectivity index (χ0n) is 12.4. The molecule has 2 heterocycles. The highest BCUT2D eigenvalue weighted by Gasteiger charge is 2.18. The summed E-state index contributed by atoms with van der Waals surface area (Å²) in [6.07, 6.45) is 1.48. The molecule has 0 aliphatic rings. The van der Waals surface area contributed by atoms with E-state index in [2.05, 4.69) is 10.3 Å². The Morgan fingerprint density at radius 2 is 2.13 bits per heavy atom. The van der Waals surface area contributed by atoms with Crippen molar-refractivity contribution >= 4 is 29.2 Å². The summed E-state index contributed by atoms with van der Waals surface area (Å²) in [6, 6.07) is 4.35. The normalized spacial score (nSPS) is 10.2. The lowest BCUT2D eigenvalue weighted by molar-refractivity contribution is -0.119. The molecule has 8 heteroatoms. The van der Waals surface area contributed by atoms with Gasteiger partial charge >= 0.3 is 11.6 Å². The SMILES string of the molecule is Cc1cc(=O)oc(C)c1C(=O)OCC(=O)Nc1cccnc1Cl. The Balaban J connectivity index is 2.01. The van der Waals surface area contributed by atoms with Gasteiger partial charge in [-0.15, -0.1) is 0 Å². The Labute approximate surface area is 136 Å². The smallest absolute Gasteiger partial charge is 0.342 e. The first-order valence-corrected chi connectivity index (χ1v) is 6.95. The molecule has 1 N–H and O–H groups in total. The minimum atomic E-state index is -0.754. The summed E-state index contributed by atoms with van der Waals surface area (Å²) in [4.78, 5) is 38.8. The van der Waals surface area contributed by atoms with E-state index in [9.17, 15) is 14.4 Å². The van der Waals surface area contributed by atoms with Crippen molar-refractivity contribution in [3.63, 3.8) is 0 Å². The van der Waals surface area contributed by atoms with Crippen molar-refractivity contribution in [2.24, 2.45) is 0 Å². The first-order valence-electron chi connectivity index (χ1n) is 6.57. The first-order chi connectivity index (χ1) is 10.9. The number of carbonyl (C=O) groups is 2. The van der Waals surface area contributed by atoms with Gasteiger partial charge < -0.3 is 14.5 Å². The molecule has 0 atom stereocenters. The van der Waals surface area contributed by atoms with E-state index in [1.807, 2.05) is 0 Å². The van der Waals surface area contributed by atoms with Crippen LogP contribution in [0, 0.1) is 13.8 Å². The van der Waals surface area contributed by atoms with Crippen LogP contribution in [0.1, 0.15) is 21.7 Å². The topological polar surface area (TPSA) is 98.5 Å². The number of pyridine rings is 1. The molecule has 120 valence electrons. The van der Waals surface area contributed by atoms with E-state index < -0.39 is 24.1 Å².